The highest BCUT2D eigenvalue weighted by atomic mass is 32.1. The van der Waals surface area contributed by atoms with Crippen molar-refractivity contribution < 1.29 is 0 Å². The average molecular weight is 301 g/mol. The minimum atomic E-state index is 0.405. The Morgan fingerprint density at radius 3 is 2.76 bits per heavy atom. The molecule has 0 radical (unpaired) electrons. The predicted octanol–water partition coefficient (Wildman–Crippen LogP) is 2.90. The summed E-state index contributed by atoms with van der Waals surface area (Å²) in [6.45, 7) is 2.62. The fraction of sp³-hybridized carbons (Fsp3) is 0.400. The minimum Gasteiger partial charge on any atom is -0.370 e. The van der Waals surface area contributed by atoms with E-state index in [0.717, 1.165) is 22.1 Å². The monoisotopic (exact) mass is 301 g/mol. The molecule has 0 amide bonds. The zero-order chi connectivity index (χ0) is 14.7. The van der Waals surface area contributed by atoms with Crippen LogP contribution in [0.15, 0.2) is 29.3 Å². The standard InChI is InChI=1S/C15H19N5S/c1-2-10-3-7-12(8-4-10)18-15(16)17-9-13-19-20-14(21-13)11-5-6-11/h3-4,7-8,11H,2,5-6,9H2,1H3,(H3,16,17,18). The van der Waals surface area contributed by atoms with Crippen LogP contribution in [0.4, 0.5) is 5.69 Å². The third kappa shape index (κ3) is 3.78. The lowest BCUT2D eigenvalue weighted by Gasteiger charge is -2.05. The van der Waals surface area contributed by atoms with Gasteiger partial charge in [0.2, 0.25) is 0 Å². The Morgan fingerprint density at radius 1 is 1.33 bits per heavy atom. The topological polar surface area (TPSA) is 76.2 Å². The van der Waals surface area contributed by atoms with Crippen molar-refractivity contribution in [2.75, 3.05) is 5.32 Å². The maximum Gasteiger partial charge on any atom is 0.193 e. The number of nitrogens with zero attached hydrogens (tertiary/aromatic N) is 3. The quantitative estimate of drug-likeness (QED) is 0.657. The Hall–Kier alpha value is -1.95. The number of guanidine groups is 1. The fourth-order valence-corrected chi connectivity index (χ4v) is 2.93. The van der Waals surface area contributed by atoms with Crippen LogP contribution in [0.1, 0.15) is 41.3 Å². The van der Waals surface area contributed by atoms with Crippen molar-refractivity contribution in [2.45, 2.75) is 38.6 Å². The summed E-state index contributed by atoms with van der Waals surface area (Å²) in [4.78, 5) is 4.32. The third-order valence-corrected chi connectivity index (χ3v) is 4.50. The van der Waals surface area contributed by atoms with Crippen LogP contribution < -0.4 is 11.1 Å². The lowest BCUT2D eigenvalue weighted by atomic mass is 10.1. The van der Waals surface area contributed by atoms with Gasteiger partial charge in [-0.05, 0) is 37.0 Å². The zero-order valence-corrected chi connectivity index (χ0v) is 12.9. The van der Waals surface area contributed by atoms with Gasteiger partial charge in [-0.1, -0.05) is 30.4 Å². The Bertz CT molecular complexity index is 628. The smallest absolute Gasteiger partial charge is 0.193 e. The normalized spacial score (nSPS) is 15.2. The molecule has 1 aliphatic carbocycles. The molecule has 6 heteroatoms. The Morgan fingerprint density at radius 2 is 2.10 bits per heavy atom. The van der Waals surface area contributed by atoms with E-state index >= 15 is 0 Å². The second-order valence-electron chi connectivity index (χ2n) is 5.19. The second-order valence-corrected chi connectivity index (χ2v) is 6.28. The molecule has 21 heavy (non-hydrogen) atoms. The van der Waals surface area contributed by atoms with Crippen molar-refractivity contribution in [3.8, 4) is 0 Å². The minimum absolute atomic E-state index is 0.405. The molecule has 1 aromatic heterocycles. The molecule has 0 bridgehead atoms. The number of rotatable bonds is 5. The molecule has 1 aromatic carbocycles. The largest absolute Gasteiger partial charge is 0.370 e. The number of benzene rings is 1. The van der Waals surface area contributed by atoms with E-state index in [-0.39, 0.29) is 0 Å². The van der Waals surface area contributed by atoms with Gasteiger partial charge in [-0.15, -0.1) is 10.2 Å². The summed E-state index contributed by atoms with van der Waals surface area (Å²) < 4.78 is 0. The van der Waals surface area contributed by atoms with Crippen LogP contribution >= 0.6 is 11.3 Å². The van der Waals surface area contributed by atoms with E-state index in [1.165, 1.54) is 18.4 Å². The second kappa shape index (κ2) is 6.22. The Labute approximate surface area is 128 Å². The maximum atomic E-state index is 5.90. The fourth-order valence-electron chi connectivity index (χ4n) is 1.99. The molecule has 0 unspecified atom stereocenters. The Balaban J connectivity index is 1.56. The summed E-state index contributed by atoms with van der Waals surface area (Å²) in [6, 6.07) is 8.19. The first-order chi connectivity index (χ1) is 10.2. The van der Waals surface area contributed by atoms with E-state index in [2.05, 4.69) is 39.6 Å². The van der Waals surface area contributed by atoms with E-state index in [9.17, 15) is 0 Å². The summed E-state index contributed by atoms with van der Waals surface area (Å²) in [5.41, 5.74) is 8.15. The van der Waals surface area contributed by atoms with Gasteiger partial charge in [0.1, 0.15) is 10.0 Å². The van der Waals surface area contributed by atoms with Crippen molar-refractivity contribution in [2.24, 2.45) is 10.7 Å². The number of hydrogen-bond donors (Lipinski definition) is 2. The van der Waals surface area contributed by atoms with Crippen molar-refractivity contribution in [1.82, 2.24) is 10.2 Å². The first-order valence-electron chi connectivity index (χ1n) is 7.22. The van der Waals surface area contributed by atoms with Crippen LogP contribution in [-0.2, 0) is 13.0 Å². The molecule has 0 atom stereocenters. The highest BCUT2D eigenvalue weighted by Gasteiger charge is 2.27. The number of hydrogen-bond acceptors (Lipinski definition) is 4. The van der Waals surface area contributed by atoms with Gasteiger partial charge < -0.3 is 11.1 Å². The highest BCUT2D eigenvalue weighted by Crippen LogP contribution is 2.41. The lowest BCUT2D eigenvalue weighted by molar-refractivity contribution is 0.917. The third-order valence-electron chi connectivity index (χ3n) is 3.43. The van der Waals surface area contributed by atoms with Crippen LogP contribution in [0, 0.1) is 0 Å². The summed E-state index contributed by atoms with van der Waals surface area (Å²) in [7, 11) is 0. The molecule has 0 spiro atoms. The van der Waals surface area contributed by atoms with Gasteiger partial charge in [-0.2, -0.15) is 0 Å². The molecule has 0 saturated heterocycles. The molecule has 1 saturated carbocycles. The number of aromatic nitrogens is 2. The molecule has 5 nitrogen and oxygen atoms in total. The molecule has 1 heterocycles. The van der Waals surface area contributed by atoms with Crippen LogP contribution in [0.2, 0.25) is 0 Å². The van der Waals surface area contributed by atoms with E-state index in [1.807, 2.05) is 12.1 Å². The SMILES string of the molecule is CCc1ccc(NC(N)=NCc2nnc(C3CC3)s2)cc1. The molecule has 1 aliphatic rings. The van der Waals surface area contributed by atoms with Crippen molar-refractivity contribution in [3.05, 3.63) is 39.8 Å². The van der Waals surface area contributed by atoms with Gasteiger partial charge in [0, 0.05) is 11.6 Å². The molecule has 110 valence electrons. The van der Waals surface area contributed by atoms with Gasteiger partial charge in [0.05, 0.1) is 6.54 Å². The molecule has 3 N–H and O–H groups in total. The van der Waals surface area contributed by atoms with Crippen molar-refractivity contribution in [1.29, 1.82) is 0 Å². The first kappa shape index (κ1) is 14.0. The van der Waals surface area contributed by atoms with Gasteiger partial charge in [-0.25, -0.2) is 4.99 Å². The molecule has 2 aromatic rings. The number of aliphatic imine (C=N–C) groups is 1. The van der Waals surface area contributed by atoms with Crippen LogP contribution in [0.5, 0.6) is 0 Å². The van der Waals surface area contributed by atoms with Gasteiger partial charge in [-0.3, -0.25) is 0 Å². The van der Waals surface area contributed by atoms with Crippen LogP contribution in [-0.4, -0.2) is 16.2 Å². The van der Waals surface area contributed by atoms with Gasteiger partial charge in [0.15, 0.2) is 5.96 Å². The van der Waals surface area contributed by atoms with Gasteiger partial charge >= 0.3 is 0 Å². The number of nitrogens with one attached hydrogen (secondary N) is 1. The first-order valence-corrected chi connectivity index (χ1v) is 8.04. The maximum absolute atomic E-state index is 5.90. The van der Waals surface area contributed by atoms with E-state index < -0.39 is 0 Å². The van der Waals surface area contributed by atoms with E-state index in [0.29, 0.717) is 18.4 Å². The summed E-state index contributed by atoms with van der Waals surface area (Å²) >= 11 is 1.64. The predicted molar refractivity (Wildman–Crippen MR) is 86.7 cm³/mol. The van der Waals surface area contributed by atoms with E-state index in [4.69, 9.17) is 5.73 Å². The number of aryl methyl sites for hydroxylation is 1. The molecule has 0 aliphatic heterocycles. The van der Waals surface area contributed by atoms with E-state index in [1.54, 1.807) is 11.3 Å². The lowest BCUT2D eigenvalue weighted by Crippen LogP contribution is -2.22. The zero-order valence-electron chi connectivity index (χ0n) is 12.0. The highest BCUT2D eigenvalue weighted by molar-refractivity contribution is 7.11. The number of nitrogens with two attached hydrogens (primary N) is 1. The molecule has 1 fully saturated rings. The van der Waals surface area contributed by atoms with Crippen LogP contribution in [0.3, 0.4) is 0 Å². The molecule has 3 rings (SSSR count). The summed E-state index contributed by atoms with van der Waals surface area (Å²) in [5.74, 6) is 1.05. The average Bonchev–Trinajstić information content (AvgIpc) is 3.25. The molecular weight excluding hydrogens is 282 g/mol. The summed E-state index contributed by atoms with van der Waals surface area (Å²) in [6.07, 6.45) is 3.52. The molecular formula is C15H19N5S. The van der Waals surface area contributed by atoms with Gasteiger partial charge in [0.25, 0.3) is 0 Å². The van der Waals surface area contributed by atoms with Crippen molar-refractivity contribution >= 4 is 23.0 Å². The van der Waals surface area contributed by atoms with Crippen LogP contribution in [0.25, 0.3) is 0 Å². The Kier molecular flexibility index (Phi) is 4.15. The van der Waals surface area contributed by atoms with Crippen molar-refractivity contribution in [3.63, 3.8) is 0 Å². The summed E-state index contributed by atoms with van der Waals surface area (Å²) in [5, 5.41) is 13.5. The number of anilines is 1.